The summed E-state index contributed by atoms with van der Waals surface area (Å²) in [5, 5.41) is 0.646. The molecule has 2 aromatic carbocycles. The number of benzene rings is 2. The predicted molar refractivity (Wildman–Crippen MR) is 110 cm³/mol. The van der Waals surface area contributed by atoms with Crippen LogP contribution in [0.4, 0.5) is 10.1 Å². The monoisotopic (exact) mass is 433 g/mol. The summed E-state index contributed by atoms with van der Waals surface area (Å²) in [6, 6.07) is 7.78. The number of aryl methyl sites for hydroxylation is 2. The van der Waals surface area contributed by atoms with E-state index in [1.54, 1.807) is 38.4 Å². The molecule has 1 atom stereocenters. The van der Waals surface area contributed by atoms with Gasteiger partial charge in [0.2, 0.25) is 0 Å². The lowest BCUT2D eigenvalue weighted by Gasteiger charge is -2.11. The molecule has 0 spiro atoms. The normalized spacial score (nSPS) is 11.5. The van der Waals surface area contributed by atoms with Crippen LogP contribution in [0.2, 0.25) is 10.0 Å². The fourth-order valence-electron chi connectivity index (χ4n) is 2.27. The second-order valence-electron chi connectivity index (χ2n) is 5.83. The molecule has 3 aromatic rings. The van der Waals surface area contributed by atoms with E-state index >= 15 is 0 Å². The van der Waals surface area contributed by atoms with Crippen molar-refractivity contribution in [1.29, 1.82) is 0 Å². The Labute approximate surface area is 174 Å². The first-order chi connectivity index (χ1) is 13.3. The summed E-state index contributed by atoms with van der Waals surface area (Å²) in [5.41, 5.74) is 1.45. The Morgan fingerprint density at radius 1 is 1.07 bits per heavy atom. The van der Waals surface area contributed by atoms with Gasteiger partial charge in [-0.1, -0.05) is 41.1 Å². The van der Waals surface area contributed by atoms with Crippen LogP contribution in [0.25, 0.3) is 0 Å². The minimum atomic E-state index is -1.80. The highest BCUT2D eigenvalue weighted by Gasteiger charge is 2.15. The molecule has 0 bridgehead atoms. The van der Waals surface area contributed by atoms with Crippen molar-refractivity contribution in [1.82, 2.24) is 9.97 Å². The third-order valence-electron chi connectivity index (χ3n) is 3.76. The first-order valence-corrected chi connectivity index (χ1v) is 9.99. The minimum Gasteiger partial charge on any atom is -0.298 e. The lowest BCUT2D eigenvalue weighted by molar-refractivity contribution is 0.627. The van der Waals surface area contributed by atoms with Gasteiger partial charge in [-0.05, 0) is 43.7 Å². The molecule has 1 aromatic heterocycles. The third kappa shape index (κ3) is 4.68. The molecule has 0 radical (unpaired) electrons. The molecule has 0 aliphatic heterocycles. The molecule has 0 saturated carbocycles. The Morgan fingerprint density at radius 3 is 2.50 bits per heavy atom. The topological polar surface area (TPSA) is 54.9 Å². The van der Waals surface area contributed by atoms with Gasteiger partial charge in [-0.15, -0.1) is 0 Å². The van der Waals surface area contributed by atoms with Gasteiger partial charge < -0.3 is 0 Å². The van der Waals surface area contributed by atoms with Gasteiger partial charge in [-0.2, -0.15) is 0 Å². The number of hydrogen-bond donors (Lipinski definition) is 1. The second kappa shape index (κ2) is 8.70. The zero-order valence-electron chi connectivity index (χ0n) is 14.9. The van der Waals surface area contributed by atoms with Gasteiger partial charge in [-0.3, -0.25) is 4.72 Å². The van der Waals surface area contributed by atoms with Crippen molar-refractivity contribution in [3.8, 4) is 11.8 Å². The predicted octanol–water partition coefficient (Wildman–Crippen LogP) is 5.07. The van der Waals surface area contributed by atoms with Gasteiger partial charge in [0.15, 0.2) is 16.8 Å². The van der Waals surface area contributed by atoms with E-state index < -0.39 is 16.8 Å². The second-order valence-corrected chi connectivity index (χ2v) is 7.86. The van der Waals surface area contributed by atoms with Crippen LogP contribution in [0.3, 0.4) is 0 Å². The summed E-state index contributed by atoms with van der Waals surface area (Å²) in [4.78, 5) is 8.38. The molecular formula is C20H14Cl2FN3OS. The Kier molecular flexibility index (Phi) is 6.30. The van der Waals surface area contributed by atoms with Crippen LogP contribution in [0.15, 0.2) is 47.6 Å². The van der Waals surface area contributed by atoms with E-state index in [9.17, 15) is 8.60 Å². The molecule has 142 valence electrons. The Hall–Kier alpha value is -2.46. The molecule has 4 nitrogen and oxygen atoms in total. The maximum atomic E-state index is 15.0. The van der Waals surface area contributed by atoms with E-state index in [2.05, 4.69) is 26.5 Å². The molecule has 0 aliphatic carbocycles. The number of aromatic nitrogens is 2. The average molecular weight is 434 g/mol. The Balaban J connectivity index is 1.92. The van der Waals surface area contributed by atoms with Gasteiger partial charge in [0.1, 0.15) is 5.82 Å². The van der Waals surface area contributed by atoms with Crippen LogP contribution in [0.1, 0.15) is 22.5 Å². The van der Waals surface area contributed by atoms with E-state index in [0.29, 0.717) is 22.0 Å². The number of nitrogens with one attached hydrogen (secondary N) is 1. The zero-order valence-corrected chi connectivity index (χ0v) is 17.2. The van der Waals surface area contributed by atoms with Crippen LogP contribution < -0.4 is 4.72 Å². The van der Waals surface area contributed by atoms with Crippen LogP contribution in [0.5, 0.6) is 0 Å². The van der Waals surface area contributed by atoms with Crippen molar-refractivity contribution in [2.75, 3.05) is 4.72 Å². The lowest BCUT2D eigenvalue weighted by Crippen LogP contribution is -2.08. The Morgan fingerprint density at radius 2 is 1.79 bits per heavy atom. The van der Waals surface area contributed by atoms with Gasteiger partial charge in [-0.25, -0.2) is 18.6 Å². The van der Waals surface area contributed by atoms with Crippen LogP contribution in [-0.4, -0.2) is 14.2 Å². The van der Waals surface area contributed by atoms with Crippen molar-refractivity contribution in [2.45, 2.75) is 18.7 Å². The number of nitrogens with zero attached hydrogens (tertiary/aromatic N) is 2. The van der Waals surface area contributed by atoms with Crippen molar-refractivity contribution >= 4 is 39.9 Å². The number of rotatable bonds is 3. The summed E-state index contributed by atoms with van der Waals surface area (Å²) in [7, 11) is -1.80. The molecule has 0 fully saturated rings. The van der Waals surface area contributed by atoms with E-state index in [1.165, 1.54) is 18.2 Å². The van der Waals surface area contributed by atoms with Crippen LogP contribution >= 0.6 is 23.2 Å². The molecule has 0 saturated heterocycles. The average Bonchev–Trinajstić information content (AvgIpc) is 2.67. The van der Waals surface area contributed by atoms with Crippen LogP contribution in [0, 0.1) is 31.5 Å². The molecule has 8 heteroatoms. The zero-order chi connectivity index (χ0) is 20.3. The van der Waals surface area contributed by atoms with Crippen LogP contribution in [-0.2, 0) is 11.0 Å². The summed E-state index contributed by atoms with van der Waals surface area (Å²) >= 11 is 12.0. The van der Waals surface area contributed by atoms with Gasteiger partial charge in [0, 0.05) is 17.4 Å². The van der Waals surface area contributed by atoms with E-state index in [4.69, 9.17) is 23.2 Å². The highest BCUT2D eigenvalue weighted by atomic mass is 35.5. The van der Waals surface area contributed by atoms with Crippen molar-refractivity contribution < 1.29 is 8.60 Å². The van der Waals surface area contributed by atoms with Crippen molar-refractivity contribution in [2.24, 2.45) is 0 Å². The maximum absolute atomic E-state index is 15.0. The third-order valence-corrected chi connectivity index (χ3v) is 5.58. The molecule has 28 heavy (non-hydrogen) atoms. The fraction of sp³-hybridized carbons (Fsp3) is 0.100. The number of hydrogen-bond acceptors (Lipinski definition) is 3. The van der Waals surface area contributed by atoms with Crippen molar-refractivity contribution in [3.63, 3.8) is 0 Å². The molecular weight excluding hydrogens is 420 g/mol. The largest absolute Gasteiger partial charge is 0.298 e. The van der Waals surface area contributed by atoms with Gasteiger partial charge in [0.25, 0.3) is 0 Å². The SMILES string of the molecule is Cc1ncc(C#Cc2c(C)ccc(NS(=O)c3cc(Cl)ccc3Cl)c2F)cn1. The number of halogens is 3. The van der Waals surface area contributed by atoms with Gasteiger partial charge >= 0.3 is 0 Å². The van der Waals surface area contributed by atoms with E-state index in [1.807, 2.05) is 0 Å². The first-order valence-electron chi connectivity index (χ1n) is 8.08. The first kappa shape index (κ1) is 20.3. The highest BCUT2D eigenvalue weighted by molar-refractivity contribution is 7.86. The summed E-state index contributed by atoms with van der Waals surface area (Å²) in [6.07, 6.45) is 3.14. The summed E-state index contributed by atoms with van der Waals surface area (Å²) in [5.74, 6) is 5.66. The minimum absolute atomic E-state index is 0.0458. The Bertz CT molecular complexity index is 1120. The number of anilines is 1. The molecule has 0 aliphatic rings. The summed E-state index contributed by atoms with van der Waals surface area (Å²) < 4.78 is 30.2. The lowest BCUT2D eigenvalue weighted by atomic mass is 10.1. The van der Waals surface area contributed by atoms with Gasteiger partial charge in [0.05, 0.1) is 26.7 Å². The fourth-order valence-corrected chi connectivity index (χ4v) is 3.78. The molecule has 1 heterocycles. The van der Waals surface area contributed by atoms with E-state index in [-0.39, 0.29) is 21.2 Å². The maximum Gasteiger partial charge on any atom is 0.163 e. The standard InChI is InChI=1S/C20H14Cl2FN3OS/c1-12-3-8-18(26-28(27)19-9-15(21)5-7-17(19)22)20(23)16(12)6-4-14-10-24-13(2)25-11-14/h3,5,7-11,26H,1-2H3. The quantitative estimate of drug-likeness (QED) is 0.586. The highest BCUT2D eigenvalue weighted by Crippen LogP contribution is 2.27. The van der Waals surface area contributed by atoms with E-state index in [0.717, 1.165) is 0 Å². The van der Waals surface area contributed by atoms with Crippen molar-refractivity contribution in [3.05, 3.63) is 81.1 Å². The molecule has 0 amide bonds. The summed E-state index contributed by atoms with van der Waals surface area (Å²) in [6.45, 7) is 3.51. The molecule has 1 N–H and O–H groups in total. The smallest absolute Gasteiger partial charge is 0.163 e. The molecule has 1 unspecified atom stereocenters. The molecule has 3 rings (SSSR count).